The molecule has 5 aromatic rings. The van der Waals surface area contributed by atoms with Gasteiger partial charge >= 0.3 is 7.82 Å². The smallest absolute Gasteiger partial charge is 0.506 e. The number of aromatic nitrogens is 1. The van der Waals surface area contributed by atoms with Gasteiger partial charge in [0.2, 0.25) is 0 Å². The van der Waals surface area contributed by atoms with Crippen molar-refractivity contribution in [2.45, 2.75) is 0 Å². The summed E-state index contributed by atoms with van der Waals surface area (Å²) in [6.45, 7) is 0. The van der Waals surface area contributed by atoms with Gasteiger partial charge in [0.15, 0.2) is 0 Å². The molecule has 0 saturated carbocycles. The minimum absolute atomic E-state index is 0.239. The van der Waals surface area contributed by atoms with Crippen LogP contribution in [0.15, 0.2) is 128 Å². The molecule has 0 radical (unpaired) electrons. The second-order valence-corrected chi connectivity index (χ2v) is 8.45. The lowest BCUT2D eigenvalue weighted by Gasteiger charge is -2.19. The third-order valence-corrected chi connectivity index (χ3v) is 5.80. The number of phenols is 1. The summed E-state index contributed by atoms with van der Waals surface area (Å²) >= 11 is 0. The molecule has 34 heavy (non-hydrogen) atoms. The van der Waals surface area contributed by atoms with Gasteiger partial charge in [0.05, 0.1) is 0 Å². The number of hydrogen-bond donors (Lipinski definition) is 1. The number of para-hydroxylation sites is 4. The lowest BCUT2D eigenvalue weighted by atomic mass is 10.2. The van der Waals surface area contributed by atoms with E-state index in [2.05, 4.69) is 4.98 Å². The molecule has 7 heteroatoms. The van der Waals surface area contributed by atoms with Gasteiger partial charge in [-0.25, -0.2) is 0 Å². The largest absolute Gasteiger partial charge is 0.647 e. The Hall–Kier alpha value is -4.28. The Labute approximate surface area is 197 Å². The fraction of sp³-hybridized carbons (Fsp3) is 0. The van der Waals surface area contributed by atoms with E-state index in [1.54, 1.807) is 91.1 Å². The van der Waals surface area contributed by atoms with E-state index in [0.717, 1.165) is 5.39 Å². The van der Waals surface area contributed by atoms with Crippen LogP contribution in [0.5, 0.6) is 23.0 Å². The number of aromatic hydroxyl groups is 1. The van der Waals surface area contributed by atoms with Crippen LogP contribution in [-0.2, 0) is 4.57 Å². The van der Waals surface area contributed by atoms with E-state index >= 15 is 0 Å². The van der Waals surface area contributed by atoms with Crippen molar-refractivity contribution >= 4 is 18.7 Å². The Balaban J connectivity index is 0.000000207. The maximum atomic E-state index is 13.1. The average molecular weight is 471 g/mol. The van der Waals surface area contributed by atoms with Gasteiger partial charge in [-0.15, -0.1) is 0 Å². The Kier molecular flexibility index (Phi) is 7.43. The number of nitrogens with zero attached hydrogens (tertiary/aromatic N) is 1. The summed E-state index contributed by atoms with van der Waals surface area (Å²) < 4.78 is 29.6. The third-order valence-electron chi connectivity index (χ3n) is 4.49. The second kappa shape index (κ2) is 11.0. The van der Waals surface area contributed by atoms with Crippen molar-refractivity contribution in [1.29, 1.82) is 0 Å². The van der Waals surface area contributed by atoms with Crippen molar-refractivity contribution in [3.63, 3.8) is 0 Å². The van der Waals surface area contributed by atoms with E-state index in [-0.39, 0.29) is 5.75 Å². The van der Waals surface area contributed by atoms with Gasteiger partial charge in [-0.1, -0.05) is 72.8 Å². The van der Waals surface area contributed by atoms with Crippen LogP contribution in [0, 0.1) is 0 Å². The quantitative estimate of drug-likeness (QED) is 0.262. The topological polar surface area (TPSA) is 77.9 Å². The summed E-state index contributed by atoms with van der Waals surface area (Å²) in [5, 5.41) is 10.3. The number of rotatable bonds is 6. The Morgan fingerprint density at radius 1 is 0.559 bits per heavy atom. The van der Waals surface area contributed by atoms with E-state index in [9.17, 15) is 9.67 Å². The van der Waals surface area contributed by atoms with Crippen molar-refractivity contribution in [2.24, 2.45) is 0 Å². The van der Waals surface area contributed by atoms with Crippen LogP contribution in [0.2, 0.25) is 0 Å². The van der Waals surface area contributed by atoms with E-state index in [4.69, 9.17) is 13.6 Å². The zero-order chi connectivity index (χ0) is 23.6. The molecular formula is C27H22NO5P. The molecule has 0 fully saturated rings. The number of benzene rings is 4. The van der Waals surface area contributed by atoms with Crippen LogP contribution >= 0.6 is 7.82 Å². The lowest BCUT2D eigenvalue weighted by molar-refractivity contribution is 0.298. The monoisotopic (exact) mass is 471 g/mol. The van der Waals surface area contributed by atoms with E-state index in [0.29, 0.717) is 22.8 Å². The van der Waals surface area contributed by atoms with Crippen LogP contribution in [0.25, 0.3) is 10.9 Å². The van der Waals surface area contributed by atoms with Crippen LogP contribution in [0.4, 0.5) is 0 Å². The van der Waals surface area contributed by atoms with E-state index < -0.39 is 7.82 Å². The standard InChI is InChI=1S/C18H15O4P.C9H7NO/c19-23(20-16-10-4-1-5-11-16,21-17-12-6-2-7-13-17)22-18-14-8-3-9-15-18;11-8-5-1-3-7-4-2-6-10-9(7)8/h1-15H;1-6,11H. The summed E-state index contributed by atoms with van der Waals surface area (Å²) in [4.78, 5) is 4.03. The molecule has 1 aromatic heterocycles. The minimum Gasteiger partial charge on any atom is -0.506 e. The third kappa shape index (κ3) is 6.37. The molecule has 0 saturated heterocycles. The molecule has 4 aromatic carbocycles. The number of pyridine rings is 1. The van der Waals surface area contributed by atoms with Gasteiger partial charge in [0.1, 0.15) is 28.5 Å². The van der Waals surface area contributed by atoms with Crippen molar-refractivity contribution < 1.29 is 23.2 Å². The predicted molar refractivity (Wildman–Crippen MR) is 132 cm³/mol. The average Bonchev–Trinajstić information content (AvgIpc) is 2.86. The second-order valence-electron chi connectivity index (χ2n) is 7.01. The van der Waals surface area contributed by atoms with Crippen molar-refractivity contribution in [3.05, 3.63) is 128 Å². The molecule has 0 atom stereocenters. The maximum absolute atomic E-state index is 13.1. The fourth-order valence-electron chi connectivity index (χ4n) is 2.98. The van der Waals surface area contributed by atoms with Gasteiger partial charge in [-0.2, -0.15) is 4.57 Å². The number of hydrogen-bond acceptors (Lipinski definition) is 6. The molecule has 0 aliphatic heterocycles. The highest BCUT2D eigenvalue weighted by Gasteiger charge is 2.33. The summed E-state index contributed by atoms with van der Waals surface area (Å²) in [5.41, 5.74) is 0.662. The maximum Gasteiger partial charge on any atom is 0.647 e. The molecule has 0 aliphatic carbocycles. The lowest BCUT2D eigenvalue weighted by Crippen LogP contribution is -2.07. The molecule has 170 valence electrons. The van der Waals surface area contributed by atoms with Crippen LogP contribution in [-0.4, -0.2) is 10.1 Å². The van der Waals surface area contributed by atoms with Crippen LogP contribution in [0.3, 0.4) is 0 Å². The van der Waals surface area contributed by atoms with Gasteiger partial charge in [-0.3, -0.25) is 4.98 Å². The summed E-state index contributed by atoms with van der Waals surface area (Å²) in [7, 11) is -3.89. The zero-order valence-corrected chi connectivity index (χ0v) is 19.0. The van der Waals surface area contributed by atoms with Gasteiger partial charge in [-0.05, 0) is 48.5 Å². The van der Waals surface area contributed by atoms with Gasteiger partial charge < -0.3 is 18.7 Å². The molecule has 0 aliphatic rings. The SMILES string of the molecule is O=P(Oc1ccccc1)(Oc1ccccc1)Oc1ccccc1.Oc1cccc2cccnc12. The highest BCUT2D eigenvalue weighted by atomic mass is 31.2. The van der Waals surface area contributed by atoms with E-state index in [1.165, 1.54) is 0 Å². The van der Waals surface area contributed by atoms with Crippen molar-refractivity contribution in [2.75, 3.05) is 0 Å². The molecule has 1 heterocycles. The first-order valence-electron chi connectivity index (χ1n) is 10.5. The number of phosphoric acid groups is 1. The fourth-order valence-corrected chi connectivity index (χ4v) is 4.23. The number of phenolic OH excluding ortho intramolecular Hbond substituents is 1. The van der Waals surface area contributed by atoms with Gasteiger partial charge in [0, 0.05) is 11.6 Å². The highest BCUT2D eigenvalue weighted by molar-refractivity contribution is 7.49. The van der Waals surface area contributed by atoms with E-state index in [1.807, 2.05) is 36.4 Å². The van der Waals surface area contributed by atoms with Crippen LogP contribution < -0.4 is 13.6 Å². The summed E-state index contributed by atoms with van der Waals surface area (Å²) in [6, 6.07) is 35.5. The number of fused-ring (bicyclic) bond motifs is 1. The van der Waals surface area contributed by atoms with Crippen LogP contribution in [0.1, 0.15) is 0 Å². The number of phosphoric ester groups is 1. The molecule has 0 amide bonds. The Morgan fingerprint density at radius 3 is 1.44 bits per heavy atom. The predicted octanol–water partition coefficient (Wildman–Crippen LogP) is 7.27. The first-order valence-corrected chi connectivity index (χ1v) is 11.9. The molecular weight excluding hydrogens is 449 g/mol. The minimum atomic E-state index is -3.89. The molecule has 0 unspecified atom stereocenters. The first-order chi connectivity index (χ1) is 16.6. The molecule has 1 N–H and O–H groups in total. The summed E-state index contributed by atoms with van der Waals surface area (Å²) in [6.07, 6.45) is 1.67. The van der Waals surface area contributed by atoms with Gasteiger partial charge in [0.25, 0.3) is 0 Å². The molecule has 0 spiro atoms. The first kappa shape index (κ1) is 22.9. The normalized spacial score (nSPS) is 10.6. The van der Waals surface area contributed by atoms with Crippen molar-refractivity contribution in [1.82, 2.24) is 4.98 Å². The Bertz CT molecular complexity index is 1250. The zero-order valence-electron chi connectivity index (χ0n) is 18.1. The molecule has 5 rings (SSSR count). The summed E-state index contributed by atoms with van der Waals surface area (Å²) in [5.74, 6) is 1.45. The molecule has 6 nitrogen and oxygen atoms in total. The van der Waals surface area contributed by atoms with Crippen molar-refractivity contribution in [3.8, 4) is 23.0 Å². The molecule has 0 bridgehead atoms. The Morgan fingerprint density at radius 2 is 1.00 bits per heavy atom. The highest BCUT2D eigenvalue weighted by Crippen LogP contribution is 2.49.